The number of carbonyl (C=O) groups excluding carboxylic acids is 2. The maximum atomic E-state index is 12.3. The fraction of sp³-hybridized carbons (Fsp3) is 0.400. The topological polar surface area (TPSA) is 93.0 Å². The first-order valence-corrected chi connectivity index (χ1v) is 9.23. The van der Waals surface area contributed by atoms with Gasteiger partial charge in [0.1, 0.15) is 17.0 Å². The molecule has 6 nitrogen and oxygen atoms in total. The zero-order valence-corrected chi connectivity index (χ0v) is 16.3. The summed E-state index contributed by atoms with van der Waals surface area (Å²) in [6, 6.07) is 0.985. The molecule has 1 aliphatic heterocycles. The van der Waals surface area contributed by atoms with Gasteiger partial charge in [-0.15, -0.1) is 4.91 Å². The summed E-state index contributed by atoms with van der Waals surface area (Å²) in [5, 5.41) is 12.6. The number of hydrogen-bond donors (Lipinski definition) is 1. The Hall–Kier alpha value is -2.47. The Morgan fingerprint density at radius 2 is 1.78 bits per heavy atom. The molecule has 1 aromatic carbocycles. The molecular weight excluding hydrogens is 370 g/mol. The van der Waals surface area contributed by atoms with E-state index >= 15 is 0 Å². The van der Waals surface area contributed by atoms with Crippen LogP contribution in [0.1, 0.15) is 55.5 Å². The van der Waals surface area contributed by atoms with Crippen molar-refractivity contribution in [3.05, 3.63) is 51.4 Å². The van der Waals surface area contributed by atoms with Gasteiger partial charge in [-0.3, -0.25) is 4.79 Å². The average Bonchev–Trinajstić information content (AvgIpc) is 2.63. The molecule has 146 valence electrons. The van der Waals surface area contributed by atoms with Gasteiger partial charge in [0, 0.05) is 12.5 Å². The van der Waals surface area contributed by atoms with Crippen molar-refractivity contribution in [1.29, 1.82) is 0 Å². The van der Waals surface area contributed by atoms with Crippen molar-refractivity contribution in [1.82, 2.24) is 0 Å². The molecule has 0 amide bonds. The van der Waals surface area contributed by atoms with Gasteiger partial charge in [-0.25, -0.2) is 4.79 Å². The summed E-state index contributed by atoms with van der Waals surface area (Å²) < 4.78 is 5.11. The Balaban J connectivity index is 0.00000114. The number of fused-ring (bicyclic) bond motifs is 1. The Bertz CT molecular complexity index is 740. The minimum atomic E-state index is -0.802. The molecule has 0 unspecified atom stereocenters. The summed E-state index contributed by atoms with van der Waals surface area (Å²) in [7, 11) is 0. The molecule has 1 N–H and O–H groups in total. The SMILES string of the molecule is CCC.O=Nc1cc(O)c2c(c1Cl)CC(=O)/C=C/CC/C=C/CCOC2=O. The number of phenolic OH excluding ortho intramolecular Hbond substituents is 1. The van der Waals surface area contributed by atoms with E-state index in [1.165, 1.54) is 12.5 Å². The van der Waals surface area contributed by atoms with Crippen LogP contribution in [0.2, 0.25) is 5.02 Å². The summed E-state index contributed by atoms with van der Waals surface area (Å²) in [5.74, 6) is -1.60. The van der Waals surface area contributed by atoms with Gasteiger partial charge in [0.05, 0.1) is 11.6 Å². The van der Waals surface area contributed by atoms with Crippen LogP contribution >= 0.6 is 11.6 Å². The second kappa shape index (κ2) is 12.0. The van der Waals surface area contributed by atoms with Crippen LogP contribution < -0.4 is 0 Å². The standard InChI is InChI=1S/C17H16ClNO5.C3H8/c18-16-12-9-11(20)7-5-3-1-2-4-6-8-24-17(22)15(12)14(21)10-13(16)19-23;1-3-2/h2,4-5,7,10,21H,1,3,6,8-9H2;3H2,1-2H3/b4-2+,7-5+;. The van der Waals surface area contributed by atoms with Gasteiger partial charge in [-0.2, -0.15) is 0 Å². The number of nitroso groups, excluding NO2 is 1. The number of hydrogen-bond acceptors (Lipinski definition) is 6. The van der Waals surface area contributed by atoms with Crippen molar-refractivity contribution in [3.8, 4) is 5.75 Å². The molecule has 0 aromatic heterocycles. The predicted molar refractivity (Wildman–Crippen MR) is 106 cm³/mol. The number of phenols is 1. The molecule has 0 saturated carbocycles. The molecule has 27 heavy (non-hydrogen) atoms. The van der Waals surface area contributed by atoms with E-state index in [0.29, 0.717) is 12.8 Å². The van der Waals surface area contributed by atoms with Crippen molar-refractivity contribution in [2.75, 3.05) is 6.61 Å². The average molecular weight is 394 g/mol. The van der Waals surface area contributed by atoms with Crippen LogP contribution in [0, 0.1) is 4.91 Å². The fourth-order valence-electron chi connectivity index (χ4n) is 2.31. The van der Waals surface area contributed by atoms with Gasteiger partial charge in [0.2, 0.25) is 0 Å². The number of carbonyl (C=O) groups is 2. The quantitative estimate of drug-likeness (QED) is 0.390. The van der Waals surface area contributed by atoms with Crippen LogP contribution in [0.25, 0.3) is 0 Å². The normalized spacial score (nSPS) is 17.4. The van der Waals surface area contributed by atoms with Crippen molar-refractivity contribution in [2.45, 2.75) is 46.0 Å². The van der Waals surface area contributed by atoms with E-state index in [1.807, 2.05) is 12.2 Å². The summed E-state index contributed by atoms with van der Waals surface area (Å²) >= 11 is 6.08. The lowest BCUT2D eigenvalue weighted by atomic mass is 9.99. The molecule has 0 saturated heterocycles. The minimum Gasteiger partial charge on any atom is -0.507 e. The zero-order valence-electron chi connectivity index (χ0n) is 15.5. The van der Waals surface area contributed by atoms with Crippen LogP contribution in [-0.2, 0) is 16.0 Å². The fourth-order valence-corrected chi connectivity index (χ4v) is 2.56. The second-order valence-electron chi connectivity index (χ2n) is 5.90. The molecule has 0 radical (unpaired) electrons. The summed E-state index contributed by atoms with van der Waals surface area (Å²) in [6.45, 7) is 4.38. The van der Waals surface area contributed by atoms with Gasteiger partial charge in [0.15, 0.2) is 5.78 Å². The Kier molecular flexibility index (Phi) is 10.0. The number of rotatable bonds is 1. The molecule has 7 heteroatoms. The highest BCUT2D eigenvalue weighted by Crippen LogP contribution is 2.37. The molecule has 0 atom stereocenters. The number of benzene rings is 1. The maximum absolute atomic E-state index is 12.3. The summed E-state index contributed by atoms with van der Waals surface area (Å²) in [4.78, 5) is 35.2. The van der Waals surface area contributed by atoms with Gasteiger partial charge in [-0.1, -0.05) is 50.1 Å². The molecule has 0 bridgehead atoms. The van der Waals surface area contributed by atoms with Crippen LogP contribution in [0.5, 0.6) is 5.75 Å². The van der Waals surface area contributed by atoms with Crippen LogP contribution in [0.4, 0.5) is 5.69 Å². The van der Waals surface area contributed by atoms with Crippen LogP contribution in [-0.4, -0.2) is 23.5 Å². The molecule has 2 rings (SSSR count). The number of ketones is 1. The third kappa shape index (κ3) is 6.98. The van der Waals surface area contributed by atoms with E-state index in [9.17, 15) is 19.6 Å². The third-order valence-corrected chi connectivity index (χ3v) is 3.88. The Labute approximate surface area is 163 Å². The second-order valence-corrected chi connectivity index (χ2v) is 6.28. The van der Waals surface area contributed by atoms with E-state index in [4.69, 9.17) is 16.3 Å². The molecular formula is C20H24ClNO5. The lowest BCUT2D eigenvalue weighted by molar-refractivity contribution is -0.114. The van der Waals surface area contributed by atoms with Gasteiger partial charge in [0.25, 0.3) is 0 Å². The number of esters is 1. The highest BCUT2D eigenvalue weighted by Gasteiger charge is 2.25. The van der Waals surface area contributed by atoms with Gasteiger partial charge < -0.3 is 9.84 Å². The minimum absolute atomic E-state index is 0.0403. The summed E-state index contributed by atoms with van der Waals surface area (Å²) in [5.41, 5.74) is -0.407. The first kappa shape index (κ1) is 22.6. The van der Waals surface area contributed by atoms with E-state index in [1.54, 1.807) is 6.08 Å². The number of nitrogens with zero attached hydrogens (tertiary/aromatic N) is 1. The zero-order chi connectivity index (χ0) is 20.2. The number of allylic oxidation sites excluding steroid dienone is 3. The number of halogens is 1. The lowest BCUT2D eigenvalue weighted by Gasteiger charge is -2.13. The van der Waals surface area contributed by atoms with Gasteiger partial charge in [-0.05, 0) is 36.1 Å². The van der Waals surface area contributed by atoms with E-state index in [0.717, 1.165) is 12.5 Å². The highest BCUT2D eigenvalue weighted by atomic mass is 35.5. The van der Waals surface area contributed by atoms with Gasteiger partial charge >= 0.3 is 5.97 Å². The largest absolute Gasteiger partial charge is 0.507 e. The molecule has 0 spiro atoms. The Morgan fingerprint density at radius 1 is 1.15 bits per heavy atom. The molecule has 1 heterocycles. The van der Waals surface area contributed by atoms with E-state index in [2.05, 4.69) is 19.0 Å². The van der Waals surface area contributed by atoms with E-state index in [-0.39, 0.29) is 40.6 Å². The number of aromatic hydroxyl groups is 1. The first-order valence-electron chi connectivity index (χ1n) is 8.85. The number of cyclic esters (lactones) is 1. The van der Waals surface area contributed by atoms with Crippen molar-refractivity contribution in [2.24, 2.45) is 5.18 Å². The summed E-state index contributed by atoms with van der Waals surface area (Å²) in [6.07, 6.45) is 9.95. The monoisotopic (exact) mass is 393 g/mol. The van der Waals surface area contributed by atoms with E-state index < -0.39 is 11.7 Å². The number of ether oxygens (including phenoxy) is 1. The molecule has 0 aliphatic carbocycles. The maximum Gasteiger partial charge on any atom is 0.342 e. The van der Waals surface area contributed by atoms with Crippen LogP contribution in [0.3, 0.4) is 0 Å². The third-order valence-electron chi connectivity index (χ3n) is 3.46. The van der Waals surface area contributed by atoms with Crippen molar-refractivity contribution < 1.29 is 19.4 Å². The highest BCUT2D eigenvalue weighted by molar-refractivity contribution is 6.34. The predicted octanol–water partition coefficient (Wildman–Crippen LogP) is 5.42. The molecule has 1 aliphatic rings. The smallest absolute Gasteiger partial charge is 0.342 e. The molecule has 0 fully saturated rings. The first-order chi connectivity index (χ1) is 13.0. The molecule has 1 aromatic rings. The Morgan fingerprint density at radius 3 is 2.44 bits per heavy atom. The van der Waals surface area contributed by atoms with Crippen LogP contribution in [0.15, 0.2) is 35.5 Å². The lowest BCUT2D eigenvalue weighted by Crippen LogP contribution is -2.12. The van der Waals surface area contributed by atoms with Crippen molar-refractivity contribution >= 4 is 29.0 Å². The van der Waals surface area contributed by atoms with Crippen molar-refractivity contribution in [3.63, 3.8) is 0 Å².